The van der Waals surface area contributed by atoms with E-state index in [1.54, 1.807) is 12.1 Å². The van der Waals surface area contributed by atoms with Crippen molar-refractivity contribution < 1.29 is 18.4 Å². The van der Waals surface area contributed by atoms with E-state index in [0.29, 0.717) is 41.0 Å². The highest BCUT2D eigenvalue weighted by Crippen LogP contribution is 2.46. The number of nitrogen functional groups attached to an aromatic ring is 1. The zero-order chi connectivity index (χ0) is 25.9. The Balaban J connectivity index is 1.13. The molecular formula is C28H34FN5O3S. The number of anilines is 1. The molecule has 2 bridgehead atoms. The molecule has 0 unspecified atom stereocenters. The number of nitrogens with two attached hydrogens (primary N) is 1. The Hall–Kier alpha value is -2.40. The predicted octanol–water partition coefficient (Wildman–Crippen LogP) is 3.93. The molecule has 5 heterocycles. The normalized spacial score (nSPS) is 29.7. The molecule has 4 fully saturated rings. The van der Waals surface area contributed by atoms with Crippen molar-refractivity contribution >= 4 is 28.0 Å². The molecule has 1 aromatic carbocycles. The average molecular weight is 540 g/mol. The third-order valence-electron chi connectivity index (χ3n) is 9.03. The number of benzene rings is 1. The summed E-state index contributed by atoms with van der Waals surface area (Å²) in [5, 5.41) is 0.682. The molecular weight excluding hydrogens is 505 g/mol. The number of halogens is 1. The lowest BCUT2D eigenvalue weighted by Gasteiger charge is -2.40. The molecule has 38 heavy (non-hydrogen) atoms. The summed E-state index contributed by atoms with van der Waals surface area (Å²) < 4.78 is 41.9. The second kappa shape index (κ2) is 9.66. The first-order valence-electron chi connectivity index (χ1n) is 13.8. The van der Waals surface area contributed by atoms with Crippen LogP contribution in [0.5, 0.6) is 5.75 Å². The van der Waals surface area contributed by atoms with Crippen LogP contribution in [0.15, 0.2) is 30.7 Å². The molecule has 1 aliphatic carbocycles. The van der Waals surface area contributed by atoms with E-state index >= 15 is 4.39 Å². The van der Waals surface area contributed by atoms with Crippen LogP contribution in [0.4, 0.5) is 10.2 Å². The van der Waals surface area contributed by atoms with Gasteiger partial charge < -0.3 is 24.3 Å². The highest BCUT2D eigenvalue weighted by Gasteiger charge is 2.47. The summed E-state index contributed by atoms with van der Waals surface area (Å²) in [6, 6.07) is 5.56. The maximum atomic E-state index is 15.9. The second-order valence-electron chi connectivity index (χ2n) is 11.5. The van der Waals surface area contributed by atoms with Gasteiger partial charge in [-0.2, -0.15) is 0 Å². The first kappa shape index (κ1) is 24.6. The predicted molar refractivity (Wildman–Crippen MR) is 145 cm³/mol. The largest absolute Gasteiger partial charge is 0.616 e. The molecule has 0 spiro atoms. The third-order valence-corrected chi connectivity index (χ3v) is 10.3. The molecule has 2 N–H and O–H groups in total. The molecule has 202 valence electrons. The smallest absolute Gasteiger partial charge is 0.172 e. The Morgan fingerprint density at radius 1 is 1.16 bits per heavy atom. The van der Waals surface area contributed by atoms with Gasteiger partial charge in [-0.15, -0.1) is 0 Å². The lowest BCUT2D eigenvalue weighted by Crippen LogP contribution is -2.45. The van der Waals surface area contributed by atoms with Crippen LogP contribution in [0.2, 0.25) is 0 Å². The van der Waals surface area contributed by atoms with Gasteiger partial charge in [-0.1, -0.05) is 23.3 Å². The molecule has 10 heteroatoms. The summed E-state index contributed by atoms with van der Waals surface area (Å²) in [7, 11) is 0. The van der Waals surface area contributed by atoms with Crippen molar-refractivity contribution in [1.29, 1.82) is 0 Å². The quantitative estimate of drug-likeness (QED) is 0.454. The highest BCUT2D eigenvalue weighted by atomic mass is 32.2. The molecule has 3 aliphatic heterocycles. The van der Waals surface area contributed by atoms with Crippen LogP contribution in [0, 0.1) is 11.7 Å². The van der Waals surface area contributed by atoms with Gasteiger partial charge >= 0.3 is 0 Å². The number of nitrogens with zero attached hydrogens (tertiary/aromatic N) is 4. The fraction of sp³-hybridized carbons (Fsp3) is 0.571. The standard InChI is InChI=1S/C28H34FN5O3S/c29-25-21(2-1-3-23(25)36-16-28-6-4-20(37-28)5-7-28)22-15-34(27-24(22)26(30)31-17-32-27)19-12-18(13-19)14-33-8-10-38(35)11-9-33/h1-3,15,17-20H,4-14,16H2,(H2,30,31,32)/t18-,19+,20?,28?. The van der Waals surface area contributed by atoms with Gasteiger partial charge in [-0.05, 0) is 50.5 Å². The van der Waals surface area contributed by atoms with Gasteiger partial charge in [0.15, 0.2) is 11.6 Å². The second-order valence-corrected chi connectivity index (χ2v) is 13.2. The van der Waals surface area contributed by atoms with Crippen molar-refractivity contribution in [3.63, 3.8) is 0 Å². The zero-order valence-electron chi connectivity index (χ0n) is 21.5. The first-order chi connectivity index (χ1) is 18.5. The van der Waals surface area contributed by atoms with Gasteiger partial charge in [0.1, 0.15) is 41.5 Å². The lowest BCUT2D eigenvalue weighted by atomic mass is 9.79. The number of aromatic nitrogens is 3. The van der Waals surface area contributed by atoms with E-state index in [-0.39, 0.29) is 17.4 Å². The fourth-order valence-electron chi connectivity index (χ4n) is 6.82. The van der Waals surface area contributed by atoms with Crippen molar-refractivity contribution in [3.05, 3.63) is 36.5 Å². The van der Waals surface area contributed by atoms with Crippen LogP contribution in [-0.2, 0) is 15.9 Å². The maximum Gasteiger partial charge on any atom is 0.172 e. The first-order valence-corrected chi connectivity index (χ1v) is 15.2. The van der Waals surface area contributed by atoms with Gasteiger partial charge in [0.05, 0.1) is 11.5 Å². The summed E-state index contributed by atoms with van der Waals surface area (Å²) in [6.07, 6.45) is 9.93. The summed E-state index contributed by atoms with van der Waals surface area (Å²) in [6.45, 7) is 3.24. The van der Waals surface area contributed by atoms with Crippen molar-refractivity contribution in [3.8, 4) is 16.9 Å². The monoisotopic (exact) mass is 539 g/mol. The SMILES string of the molecule is Nc1ncnc2c1c(-c1cccc(OCC34CCC(CC3)O4)c1F)cn2[C@H]1C[C@@H](CN2CC[S+]([O-])CC2)C1. The van der Waals surface area contributed by atoms with E-state index in [0.717, 1.165) is 75.3 Å². The minimum absolute atomic E-state index is 0.235. The van der Waals surface area contributed by atoms with Gasteiger partial charge in [0.2, 0.25) is 0 Å². The van der Waals surface area contributed by atoms with Crippen molar-refractivity contribution in [2.24, 2.45) is 5.92 Å². The van der Waals surface area contributed by atoms with Crippen LogP contribution in [-0.4, -0.2) is 73.4 Å². The topological polar surface area (TPSA) is 101 Å². The molecule has 0 radical (unpaired) electrons. The molecule has 0 atom stereocenters. The minimum Gasteiger partial charge on any atom is -0.616 e. The zero-order valence-corrected chi connectivity index (χ0v) is 22.3. The van der Waals surface area contributed by atoms with E-state index in [1.807, 2.05) is 12.3 Å². The van der Waals surface area contributed by atoms with E-state index < -0.39 is 17.0 Å². The Morgan fingerprint density at radius 2 is 1.95 bits per heavy atom. The van der Waals surface area contributed by atoms with E-state index in [1.165, 1.54) is 6.33 Å². The van der Waals surface area contributed by atoms with Crippen molar-refractivity contribution in [1.82, 2.24) is 19.4 Å². The number of hydrogen-bond donors (Lipinski definition) is 1. The van der Waals surface area contributed by atoms with Crippen LogP contribution in [0.25, 0.3) is 22.2 Å². The summed E-state index contributed by atoms with van der Waals surface area (Å²) >= 11 is -0.655. The molecule has 3 aromatic rings. The molecule has 0 amide bonds. The molecule has 3 saturated heterocycles. The number of rotatable bonds is 7. The van der Waals surface area contributed by atoms with Crippen LogP contribution in [0.1, 0.15) is 44.6 Å². The Bertz CT molecular complexity index is 1330. The lowest BCUT2D eigenvalue weighted by molar-refractivity contribution is -0.0206. The molecule has 1 saturated carbocycles. The Morgan fingerprint density at radius 3 is 2.68 bits per heavy atom. The summed E-state index contributed by atoms with van der Waals surface area (Å²) in [5.74, 6) is 2.34. The third kappa shape index (κ3) is 4.35. The summed E-state index contributed by atoms with van der Waals surface area (Å²) in [5.41, 5.74) is 7.94. The number of hydrogen-bond acceptors (Lipinski definition) is 7. The van der Waals surface area contributed by atoms with Crippen molar-refractivity contribution in [2.75, 3.05) is 43.5 Å². The molecule has 7 rings (SSSR count). The molecule has 4 aliphatic rings. The molecule has 2 aromatic heterocycles. The van der Waals surface area contributed by atoms with Gasteiger partial charge in [0, 0.05) is 43.0 Å². The minimum atomic E-state index is -0.655. The van der Waals surface area contributed by atoms with E-state index in [4.69, 9.17) is 15.2 Å². The maximum absolute atomic E-state index is 15.9. The van der Waals surface area contributed by atoms with E-state index in [9.17, 15) is 4.55 Å². The van der Waals surface area contributed by atoms with Crippen LogP contribution >= 0.6 is 0 Å². The van der Waals surface area contributed by atoms with Crippen LogP contribution < -0.4 is 10.5 Å². The highest BCUT2D eigenvalue weighted by molar-refractivity contribution is 7.91. The Labute approximate surface area is 224 Å². The average Bonchev–Trinajstić information content (AvgIpc) is 3.61. The molecule has 8 nitrogen and oxygen atoms in total. The Kier molecular flexibility index (Phi) is 6.26. The number of ether oxygens (including phenoxy) is 2. The van der Waals surface area contributed by atoms with Gasteiger partial charge in [-0.3, -0.25) is 4.90 Å². The van der Waals surface area contributed by atoms with E-state index in [2.05, 4.69) is 19.4 Å². The van der Waals surface area contributed by atoms with Crippen LogP contribution in [0.3, 0.4) is 0 Å². The number of fused-ring (bicyclic) bond motifs is 3. The van der Waals surface area contributed by atoms with Gasteiger partial charge in [0.25, 0.3) is 0 Å². The van der Waals surface area contributed by atoms with Crippen molar-refractivity contribution in [2.45, 2.75) is 56.3 Å². The summed E-state index contributed by atoms with van der Waals surface area (Å²) in [4.78, 5) is 11.2. The fourth-order valence-corrected chi connectivity index (χ4v) is 7.94. The van der Waals surface area contributed by atoms with Gasteiger partial charge in [-0.25, -0.2) is 14.4 Å².